The van der Waals surface area contributed by atoms with E-state index in [1.807, 2.05) is 6.07 Å². The van der Waals surface area contributed by atoms with Gasteiger partial charge in [-0.1, -0.05) is 44.0 Å². The monoisotopic (exact) mass is 410 g/mol. The van der Waals surface area contributed by atoms with Crippen molar-refractivity contribution in [2.24, 2.45) is 0 Å². The smallest absolute Gasteiger partial charge is 0.312 e. The van der Waals surface area contributed by atoms with Crippen LogP contribution < -0.4 is 10.0 Å². The van der Waals surface area contributed by atoms with Crippen LogP contribution >= 0.6 is 11.9 Å². The number of nitrogens with one attached hydrogen (secondary N) is 2. The molecule has 1 aliphatic heterocycles. The summed E-state index contributed by atoms with van der Waals surface area (Å²) in [6.07, 6.45) is -1.89. The minimum Gasteiger partial charge on any atom is -0.312 e. The van der Waals surface area contributed by atoms with Gasteiger partial charge < -0.3 is 5.32 Å². The minimum absolute atomic E-state index is 0.231. The van der Waals surface area contributed by atoms with Crippen LogP contribution in [-0.2, 0) is 38.5 Å². The average molecular weight is 411 g/mol. The third-order valence-electron chi connectivity index (χ3n) is 5.28. The summed E-state index contributed by atoms with van der Waals surface area (Å²) >= 11 is 1.75. The lowest BCUT2D eigenvalue weighted by Gasteiger charge is -2.16. The molecule has 2 heterocycles. The van der Waals surface area contributed by atoms with Gasteiger partial charge in [-0.2, -0.15) is 18.3 Å². The van der Waals surface area contributed by atoms with Gasteiger partial charge in [-0.05, 0) is 29.5 Å². The van der Waals surface area contributed by atoms with Gasteiger partial charge in [-0.15, -0.1) is 0 Å². The van der Waals surface area contributed by atoms with Gasteiger partial charge in [-0.25, -0.2) is 0 Å². The van der Waals surface area contributed by atoms with E-state index >= 15 is 0 Å². The Hall–Kier alpha value is -1.51. The summed E-state index contributed by atoms with van der Waals surface area (Å²) in [7, 11) is 0. The number of fused-ring (bicyclic) bond motifs is 2. The summed E-state index contributed by atoms with van der Waals surface area (Å²) in [4.78, 5) is 0. The van der Waals surface area contributed by atoms with Crippen LogP contribution in [0.25, 0.3) is 0 Å². The predicted molar refractivity (Wildman–Crippen MR) is 105 cm³/mol. The van der Waals surface area contributed by atoms with E-state index in [1.54, 1.807) is 16.6 Å². The Bertz CT molecular complexity index is 860. The molecular formula is C20H25F3N4S. The second-order valence-electron chi connectivity index (χ2n) is 7.85. The first kappa shape index (κ1) is 19.8. The van der Waals surface area contributed by atoms with Crippen LogP contribution in [0.5, 0.6) is 0 Å². The maximum absolute atomic E-state index is 13.4. The van der Waals surface area contributed by atoms with Gasteiger partial charge in [-0.3, -0.25) is 9.40 Å². The van der Waals surface area contributed by atoms with E-state index in [1.165, 1.54) is 11.1 Å². The largest absolute Gasteiger partial charge is 0.435 e. The zero-order valence-corrected chi connectivity index (χ0v) is 16.9. The molecule has 0 saturated heterocycles. The second-order valence-corrected chi connectivity index (χ2v) is 9.26. The second kappa shape index (κ2) is 7.72. The van der Waals surface area contributed by atoms with Crippen molar-refractivity contribution in [2.75, 3.05) is 6.54 Å². The first-order valence-corrected chi connectivity index (χ1v) is 10.6. The van der Waals surface area contributed by atoms with Crippen LogP contribution in [0.3, 0.4) is 0 Å². The van der Waals surface area contributed by atoms with Crippen LogP contribution in [0.2, 0.25) is 0 Å². The summed E-state index contributed by atoms with van der Waals surface area (Å²) in [5.74, 6) is 0. The highest BCUT2D eigenvalue weighted by Crippen LogP contribution is 2.34. The Labute approximate surface area is 167 Å². The van der Waals surface area contributed by atoms with Gasteiger partial charge in [0.1, 0.15) is 0 Å². The highest BCUT2D eigenvalue weighted by atomic mass is 32.2. The van der Waals surface area contributed by atoms with Crippen molar-refractivity contribution >= 4 is 11.9 Å². The third-order valence-corrected chi connectivity index (χ3v) is 6.22. The summed E-state index contributed by atoms with van der Waals surface area (Å²) in [5.41, 5.74) is 3.89. The quantitative estimate of drug-likeness (QED) is 0.738. The minimum atomic E-state index is -4.42. The van der Waals surface area contributed by atoms with Gasteiger partial charge >= 0.3 is 6.18 Å². The molecule has 152 valence electrons. The average Bonchev–Trinajstić information content (AvgIpc) is 3.21. The van der Waals surface area contributed by atoms with Gasteiger partial charge in [0.05, 0.1) is 6.54 Å². The maximum Gasteiger partial charge on any atom is 0.435 e. The Kier molecular flexibility index (Phi) is 5.46. The predicted octanol–water partition coefficient (Wildman–Crippen LogP) is 3.71. The normalized spacial score (nSPS) is 19.1. The lowest BCUT2D eigenvalue weighted by molar-refractivity contribution is -0.142. The first-order chi connectivity index (χ1) is 13.3. The molecule has 0 bridgehead atoms. The molecule has 1 aliphatic carbocycles. The van der Waals surface area contributed by atoms with E-state index in [-0.39, 0.29) is 6.54 Å². The highest BCUT2D eigenvalue weighted by molar-refractivity contribution is 7.98. The van der Waals surface area contributed by atoms with Crippen molar-refractivity contribution in [3.05, 3.63) is 51.8 Å². The van der Waals surface area contributed by atoms with E-state index in [9.17, 15) is 13.2 Å². The topological polar surface area (TPSA) is 41.9 Å². The van der Waals surface area contributed by atoms with Gasteiger partial charge in [0.2, 0.25) is 0 Å². The van der Waals surface area contributed by atoms with Crippen molar-refractivity contribution in [1.82, 2.24) is 19.8 Å². The van der Waals surface area contributed by atoms with Crippen molar-refractivity contribution in [3.63, 3.8) is 0 Å². The number of halogens is 3. The lowest BCUT2D eigenvalue weighted by Crippen LogP contribution is -2.26. The molecule has 4 rings (SSSR count). The van der Waals surface area contributed by atoms with Gasteiger partial charge in [0.15, 0.2) is 5.69 Å². The Balaban J connectivity index is 1.54. The van der Waals surface area contributed by atoms with Crippen molar-refractivity contribution in [2.45, 2.75) is 63.7 Å². The molecule has 1 atom stereocenters. The van der Waals surface area contributed by atoms with E-state index < -0.39 is 11.9 Å². The maximum atomic E-state index is 13.4. The zero-order valence-electron chi connectivity index (χ0n) is 16.1. The third kappa shape index (κ3) is 4.09. The number of benzene rings is 1. The van der Waals surface area contributed by atoms with Crippen LogP contribution in [-0.4, -0.2) is 27.6 Å². The van der Waals surface area contributed by atoms with Crippen molar-refractivity contribution < 1.29 is 13.2 Å². The highest BCUT2D eigenvalue weighted by Gasteiger charge is 2.39. The first-order valence-electron chi connectivity index (χ1n) is 9.69. The van der Waals surface area contributed by atoms with E-state index in [2.05, 4.69) is 41.1 Å². The molecular weight excluding hydrogens is 385 g/mol. The molecule has 4 nitrogen and oxygen atoms in total. The SMILES string of the molecule is CC(C)SNC1Cc2ccc(Cn3nc(C(F)(F)F)c4c3CCNC4)cc2C1. The molecule has 2 aliphatic rings. The molecule has 0 fully saturated rings. The van der Waals surface area contributed by atoms with Crippen molar-refractivity contribution in [1.29, 1.82) is 0 Å². The molecule has 2 aromatic rings. The van der Waals surface area contributed by atoms with Crippen LogP contribution in [0.1, 0.15) is 47.5 Å². The van der Waals surface area contributed by atoms with Crippen LogP contribution in [0.4, 0.5) is 13.2 Å². The molecule has 0 spiro atoms. The Morgan fingerprint density at radius 3 is 2.82 bits per heavy atom. The number of nitrogens with zero attached hydrogens (tertiary/aromatic N) is 2. The summed E-state index contributed by atoms with van der Waals surface area (Å²) in [5, 5.41) is 7.51. The molecule has 28 heavy (non-hydrogen) atoms. The number of hydrogen-bond donors (Lipinski definition) is 2. The molecule has 8 heteroatoms. The lowest BCUT2D eigenvalue weighted by atomic mass is 10.1. The number of rotatable bonds is 5. The number of hydrogen-bond acceptors (Lipinski definition) is 4. The summed E-state index contributed by atoms with van der Waals surface area (Å²) in [6.45, 7) is 5.61. The van der Waals surface area contributed by atoms with Crippen LogP contribution in [0.15, 0.2) is 18.2 Å². The fourth-order valence-corrected chi connectivity index (χ4v) is 4.67. The molecule has 0 amide bonds. The standard InChI is InChI=1S/C20H25F3N4S/c1-12(2)28-26-16-8-14-4-3-13(7-15(14)9-16)11-27-18-5-6-24-10-17(18)19(25-27)20(21,22)23/h3-4,7,12,16,24,26H,5-6,8-11H2,1-2H3. The molecule has 1 aromatic heterocycles. The molecule has 0 saturated carbocycles. The van der Waals surface area contributed by atoms with E-state index in [4.69, 9.17) is 0 Å². The fraction of sp³-hybridized carbons (Fsp3) is 0.550. The van der Waals surface area contributed by atoms with Crippen molar-refractivity contribution in [3.8, 4) is 0 Å². The molecule has 0 radical (unpaired) electrons. The fourth-order valence-electron chi connectivity index (χ4n) is 4.04. The molecule has 1 unspecified atom stereocenters. The van der Waals surface area contributed by atoms with Gasteiger partial charge in [0, 0.05) is 42.1 Å². The Morgan fingerprint density at radius 2 is 2.07 bits per heavy atom. The number of alkyl halides is 3. The van der Waals surface area contributed by atoms with Gasteiger partial charge in [0.25, 0.3) is 0 Å². The molecule has 1 aromatic carbocycles. The molecule has 2 N–H and O–H groups in total. The van der Waals surface area contributed by atoms with E-state index in [0.717, 1.165) is 18.4 Å². The Morgan fingerprint density at radius 1 is 1.29 bits per heavy atom. The summed E-state index contributed by atoms with van der Waals surface area (Å²) < 4.78 is 45.2. The summed E-state index contributed by atoms with van der Waals surface area (Å²) in [6, 6.07) is 6.70. The number of aromatic nitrogens is 2. The van der Waals surface area contributed by atoms with E-state index in [0.29, 0.717) is 42.1 Å². The zero-order chi connectivity index (χ0) is 19.9. The van der Waals surface area contributed by atoms with Crippen LogP contribution in [0, 0.1) is 0 Å².